The van der Waals surface area contributed by atoms with Crippen LogP contribution in [0.5, 0.6) is 5.75 Å². The summed E-state index contributed by atoms with van der Waals surface area (Å²) in [6.45, 7) is 0. The van der Waals surface area contributed by atoms with Gasteiger partial charge in [0.2, 0.25) is 0 Å². The summed E-state index contributed by atoms with van der Waals surface area (Å²) in [6, 6.07) is 16.0. The maximum Gasteiger partial charge on any atom is 0.256 e. The van der Waals surface area contributed by atoms with Crippen molar-refractivity contribution in [3.63, 3.8) is 0 Å². The third kappa shape index (κ3) is 2.36. The van der Waals surface area contributed by atoms with E-state index < -0.39 is 0 Å². The number of H-pyrrole nitrogens is 2. The minimum absolute atomic E-state index is 0.115. The van der Waals surface area contributed by atoms with Gasteiger partial charge in [0.15, 0.2) is 0 Å². The van der Waals surface area contributed by atoms with E-state index in [0.717, 1.165) is 39.0 Å². The van der Waals surface area contributed by atoms with Gasteiger partial charge in [-0.2, -0.15) is 0 Å². The molecule has 0 aliphatic carbocycles. The zero-order chi connectivity index (χ0) is 18.4. The number of aromatic amines is 2. The number of aromatic nitrogens is 2. The summed E-state index contributed by atoms with van der Waals surface area (Å²) in [5, 5.41) is 4.11. The number of ether oxygens (including phenoxy) is 1. The van der Waals surface area contributed by atoms with Gasteiger partial charge in [0.25, 0.3) is 5.91 Å². The fourth-order valence-corrected chi connectivity index (χ4v) is 3.74. The Morgan fingerprint density at radius 1 is 0.926 bits per heavy atom. The number of rotatable bonds is 3. The van der Waals surface area contributed by atoms with Crippen LogP contribution in [0, 0.1) is 0 Å². The van der Waals surface area contributed by atoms with Crippen molar-refractivity contribution < 1.29 is 9.53 Å². The van der Waals surface area contributed by atoms with E-state index in [9.17, 15) is 4.79 Å². The van der Waals surface area contributed by atoms with Gasteiger partial charge in [-0.1, -0.05) is 24.3 Å². The van der Waals surface area contributed by atoms with Crippen LogP contribution in [-0.4, -0.2) is 23.0 Å². The number of benzene rings is 2. The van der Waals surface area contributed by atoms with Gasteiger partial charge >= 0.3 is 0 Å². The minimum Gasteiger partial charge on any atom is -0.495 e. The van der Waals surface area contributed by atoms with Crippen LogP contribution >= 0.6 is 0 Å². The Bertz CT molecular complexity index is 1210. The lowest BCUT2D eigenvalue weighted by Crippen LogP contribution is -2.03. The molecule has 0 radical (unpaired) electrons. The van der Waals surface area contributed by atoms with Gasteiger partial charge in [-0.15, -0.1) is 0 Å². The van der Waals surface area contributed by atoms with Gasteiger partial charge in [0.05, 0.1) is 18.4 Å². The molecule has 2 aromatic carbocycles. The van der Waals surface area contributed by atoms with Crippen LogP contribution in [0.2, 0.25) is 0 Å². The van der Waals surface area contributed by atoms with Gasteiger partial charge in [-0.3, -0.25) is 4.79 Å². The van der Waals surface area contributed by atoms with Crippen LogP contribution in [-0.2, 0) is 4.79 Å². The van der Waals surface area contributed by atoms with Crippen molar-refractivity contribution in [3.05, 3.63) is 72.2 Å². The molecule has 0 saturated carbocycles. The Labute approximate surface area is 155 Å². The Balaban J connectivity index is 1.76. The average Bonchev–Trinajstić information content (AvgIpc) is 3.40. The van der Waals surface area contributed by atoms with Crippen molar-refractivity contribution in [3.8, 4) is 16.9 Å². The van der Waals surface area contributed by atoms with Crippen molar-refractivity contribution in [1.82, 2.24) is 9.97 Å². The van der Waals surface area contributed by atoms with Crippen molar-refractivity contribution in [2.45, 2.75) is 0 Å². The van der Waals surface area contributed by atoms with Gasteiger partial charge in [-0.25, -0.2) is 0 Å². The second-order valence-electron chi connectivity index (χ2n) is 6.44. The first kappa shape index (κ1) is 15.5. The molecule has 4 aromatic rings. The van der Waals surface area contributed by atoms with Crippen LogP contribution < -0.4 is 10.1 Å². The molecule has 5 nitrogen and oxygen atoms in total. The SMILES string of the molecule is COc1cc[nH]c1C=C1C(=O)Nc2cccc(-c3cccc4[nH]ccc34)c21. The molecular weight excluding hydrogens is 338 g/mol. The molecule has 0 unspecified atom stereocenters. The maximum atomic E-state index is 12.7. The third-order valence-corrected chi connectivity index (χ3v) is 4.96. The zero-order valence-electron chi connectivity index (χ0n) is 14.7. The molecule has 27 heavy (non-hydrogen) atoms. The molecule has 3 heterocycles. The largest absolute Gasteiger partial charge is 0.495 e. The summed E-state index contributed by atoms with van der Waals surface area (Å²) in [7, 11) is 1.62. The van der Waals surface area contributed by atoms with Crippen molar-refractivity contribution in [2.24, 2.45) is 0 Å². The first-order chi connectivity index (χ1) is 13.3. The highest BCUT2D eigenvalue weighted by Crippen LogP contribution is 2.42. The van der Waals surface area contributed by atoms with E-state index in [1.165, 1.54) is 0 Å². The van der Waals surface area contributed by atoms with Gasteiger partial charge in [0.1, 0.15) is 5.75 Å². The normalized spacial score (nSPS) is 14.6. The van der Waals surface area contributed by atoms with Crippen LogP contribution in [0.4, 0.5) is 5.69 Å². The molecule has 2 aromatic heterocycles. The number of anilines is 1. The molecule has 0 saturated heterocycles. The summed E-state index contributed by atoms with van der Waals surface area (Å²) < 4.78 is 5.37. The molecule has 1 aliphatic rings. The first-order valence-electron chi connectivity index (χ1n) is 8.70. The number of hydrogen-bond donors (Lipinski definition) is 3. The number of methoxy groups -OCH3 is 1. The second-order valence-corrected chi connectivity index (χ2v) is 6.44. The summed E-state index contributed by atoms with van der Waals surface area (Å²) in [5.74, 6) is 0.587. The van der Waals surface area contributed by atoms with E-state index in [-0.39, 0.29) is 5.91 Å². The third-order valence-electron chi connectivity index (χ3n) is 4.96. The molecule has 0 fully saturated rings. The number of hydrogen-bond acceptors (Lipinski definition) is 2. The molecule has 5 heteroatoms. The van der Waals surface area contributed by atoms with Crippen LogP contribution in [0.3, 0.4) is 0 Å². The predicted octanol–water partition coefficient (Wildman–Crippen LogP) is 4.66. The minimum atomic E-state index is -0.115. The smallest absolute Gasteiger partial charge is 0.256 e. The van der Waals surface area contributed by atoms with Crippen molar-refractivity contribution in [2.75, 3.05) is 12.4 Å². The quantitative estimate of drug-likeness (QED) is 0.468. The Morgan fingerprint density at radius 3 is 2.63 bits per heavy atom. The van der Waals surface area contributed by atoms with Crippen LogP contribution in [0.15, 0.2) is 60.9 Å². The lowest BCUT2D eigenvalue weighted by atomic mass is 9.92. The number of amides is 1. The lowest BCUT2D eigenvalue weighted by molar-refractivity contribution is -0.110. The van der Waals surface area contributed by atoms with Crippen LogP contribution in [0.1, 0.15) is 11.3 Å². The van der Waals surface area contributed by atoms with E-state index in [1.807, 2.05) is 42.6 Å². The summed E-state index contributed by atoms with van der Waals surface area (Å²) in [6.07, 6.45) is 5.58. The first-order valence-corrected chi connectivity index (χ1v) is 8.70. The number of carbonyl (C=O) groups excluding carboxylic acids is 1. The molecule has 3 N–H and O–H groups in total. The fraction of sp³-hybridized carbons (Fsp3) is 0.0455. The van der Waals surface area contributed by atoms with Gasteiger partial charge < -0.3 is 20.0 Å². The number of nitrogens with one attached hydrogen (secondary N) is 3. The molecule has 1 aliphatic heterocycles. The average molecular weight is 355 g/mol. The monoisotopic (exact) mass is 355 g/mol. The van der Waals surface area contributed by atoms with Crippen molar-refractivity contribution >= 4 is 34.1 Å². The van der Waals surface area contributed by atoms with E-state index in [2.05, 4.69) is 33.5 Å². The molecule has 0 atom stereocenters. The summed E-state index contributed by atoms with van der Waals surface area (Å²) >= 11 is 0. The highest BCUT2D eigenvalue weighted by atomic mass is 16.5. The standard InChI is InChI=1S/C22H17N3O2/c1-27-20-9-11-24-19(20)12-16-21-15(5-3-7-18(21)25-22(16)26)13-4-2-6-17-14(13)8-10-23-17/h2-12,23-24H,1H3,(H,25,26). The van der Waals surface area contributed by atoms with Crippen molar-refractivity contribution in [1.29, 1.82) is 0 Å². The Kier molecular flexibility index (Phi) is 3.40. The molecule has 0 spiro atoms. The van der Waals surface area contributed by atoms with Gasteiger partial charge in [-0.05, 0) is 41.5 Å². The molecule has 1 amide bonds. The topological polar surface area (TPSA) is 69.9 Å². The Hall–Kier alpha value is -3.73. The van der Waals surface area contributed by atoms with Gasteiger partial charge in [0, 0.05) is 34.5 Å². The number of fused-ring (bicyclic) bond motifs is 2. The molecule has 5 rings (SSSR count). The highest BCUT2D eigenvalue weighted by molar-refractivity contribution is 6.36. The zero-order valence-corrected chi connectivity index (χ0v) is 14.7. The van der Waals surface area contributed by atoms with E-state index in [1.54, 1.807) is 13.3 Å². The lowest BCUT2D eigenvalue weighted by Gasteiger charge is -2.10. The predicted molar refractivity (Wildman–Crippen MR) is 108 cm³/mol. The second kappa shape index (κ2) is 5.92. The summed E-state index contributed by atoms with van der Waals surface area (Å²) in [5.41, 5.74) is 6.30. The van der Waals surface area contributed by atoms with E-state index in [4.69, 9.17) is 4.74 Å². The number of carbonyl (C=O) groups is 1. The summed E-state index contributed by atoms with van der Waals surface area (Å²) in [4.78, 5) is 19.1. The van der Waals surface area contributed by atoms with E-state index >= 15 is 0 Å². The van der Waals surface area contributed by atoms with Crippen LogP contribution in [0.25, 0.3) is 33.7 Å². The maximum absolute atomic E-state index is 12.7. The molecule has 132 valence electrons. The van der Waals surface area contributed by atoms with E-state index in [0.29, 0.717) is 11.3 Å². The fourth-order valence-electron chi connectivity index (χ4n) is 3.74. The molecular formula is C22H17N3O2. The molecule has 0 bridgehead atoms. The Morgan fingerprint density at radius 2 is 1.74 bits per heavy atom. The highest BCUT2D eigenvalue weighted by Gasteiger charge is 2.28.